The third-order valence-corrected chi connectivity index (χ3v) is 9.06. The molecule has 0 spiro atoms. The Bertz CT molecular complexity index is 1360. The molecule has 232 valence electrons. The quantitative estimate of drug-likeness (QED) is 0.271. The summed E-state index contributed by atoms with van der Waals surface area (Å²) in [7, 11) is 3.15. The van der Waals surface area contributed by atoms with Gasteiger partial charge in [0.1, 0.15) is 13.2 Å². The molecule has 2 aliphatic rings. The molecule has 0 aromatic heterocycles. The van der Waals surface area contributed by atoms with Gasteiger partial charge in [-0.2, -0.15) is 0 Å². The number of carbonyl (C=O) groups excluding carboxylic acids is 3. The Morgan fingerprint density at radius 3 is 2.37 bits per heavy atom. The fourth-order valence-corrected chi connectivity index (χ4v) is 6.53. The van der Waals surface area contributed by atoms with E-state index < -0.39 is 6.04 Å². The zero-order valence-corrected chi connectivity index (χ0v) is 27.3. The zero-order chi connectivity index (χ0) is 31.3. The van der Waals surface area contributed by atoms with Crippen LogP contribution < -0.4 is 5.32 Å². The van der Waals surface area contributed by atoms with Gasteiger partial charge in [-0.15, -0.1) is 0 Å². The summed E-state index contributed by atoms with van der Waals surface area (Å²) in [4.78, 5) is 48.9. The number of halogens is 4. The van der Waals surface area contributed by atoms with Crippen molar-refractivity contribution in [2.75, 3.05) is 46.9 Å². The van der Waals surface area contributed by atoms with Crippen molar-refractivity contribution in [3.63, 3.8) is 0 Å². The molecule has 3 amide bonds. The number of piperazine rings is 1. The number of piperidine rings is 1. The van der Waals surface area contributed by atoms with Crippen molar-refractivity contribution in [3.05, 3.63) is 67.6 Å². The molecule has 2 aliphatic heterocycles. The van der Waals surface area contributed by atoms with Gasteiger partial charge in [0.2, 0.25) is 11.8 Å². The van der Waals surface area contributed by atoms with Gasteiger partial charge in [0.25, 0.3) is 5.91 Å². The Kier molecular flexibility index (Phi) is 11.6. The Morgan fingerprint density at radius 1 is 1.07 bits per heavy atom. The maximum atomic E-state index is 13.3. The Balaban J connectivity index is 1.48. The highest BCUT2D eigenvalue weighted by atomic mass is 35.5. The summed E-state index contributed by atoms with van der Waals surface area (Å²) in [5, 5.41) is 8.66. The van der Waals surface area contributed by atoms with Crippen LogP contribution in [0.2, 0.25) is 20.1 Å². The summed E-state index contributed by atoms with van der Waals surface area (Å²) in [5.41, 5.74) is 1.90. The second-order valence-electron chi connectivity index (χ2n) is 10.9. The Morgan fingerprint density at radius 2 is 1.74 bits per heavy atom. The molecule has 0 bridgehead atoms. The molecule has 13 heteroatoms. The molecule has 4 rings (SSSR count). The molecule has 0 radical (unpaired) electrons. The number of likely N-dealkylation sites (tertiary alicyclic amines) is 1. The molecule has 2 unspecified atom stereocenters. The number of hydrogen-bond acceptors (Lipinski definition) is 6. The van der Waals surface area contributed by atoms with Gasteiger partial charge in [-0.05, 0) is 68.6 Å². The highest BCUT2D eigenvalue weighted by Crippen LogP contribution is 2.31. The molecule has 2 aromatic carbocycles. The van der Waals surface area contributed by atoms with Gasteiger partial charge in [0.15, 0.2) is 0 Å². The van der Waals surface area contributed by atoms with Crippen molar-refractivity contribution in [2.45, 2.75) is 44.2 Å². The van der Waals surface area contributed by atoms with Crippen LogP contribution >= 0.6 is 46.4 Å². The van der Waals surface area contributed by atoms with Gasteiger partial charge < -0.3 is 24.9 Å². The molecule has 2 aromatic rings. The molecule has 1 N–H and O–H groups in total. The van der Waals surface area contributed by atoms with Crippen LogP contribution in [0.15, 0.2) is 41.6 Å². The molecule has 0 aliphatic carbocycles. The fourth-order valence-electron chi connectivity index (χ4n) is 5.69. The van der Waals surface area contributed by atoms with E-state index in [9.17, 15) is 14.4 Å². The van der Waals surface area contributed by atoms with Crippen molar-refractivity contribution in [1.82, 2.24) is 20.0 Å². The zero-order valence-electron chi connectivity index (χ0n) is 24.3. The van der Waals surface area contributed by atoms with Crippen molar-refractivity contribution in [3.8, 4) is 0 Å². The molecule has 2 atom stereocenters. The van der Waals surface area contributed by atoms with Crippen molar-refractivity contribution in [1.29, 1.82) is 0 Å². The third-order valence-electron chi connectivity index (χ3n) is 7.89. The minimum absolute atomic E-state index is 0.0307. The second-order valence-corrected chi connectivity index (χ2v) is 12.6. The van der Waals surface area contributed by atoms with E-state index in [-0.39, 0.29) is 42.8 Å². The SMILES string of the molecule is CO/N=C(/CN(C)C(=O)c1cc(Cl)cc(Cl)c1)C(CCN1CCC(N2CC(=O)NC(C)C2=O)CC1)c1ccc(Cl)c(Cl)c1. The molecule has 2 saturated heterocycles. The van der Waals surface area contributed by atoms with Crippen molar-refractivity contribution >= 4 is 69.8 Å². The second kappa shape index (κ2) is 14.9. The van der Waals surface area contributed by atoms with E-state index in [1.54, 1.807) is 48.0 Å². The lowest BCUT2D eigenvalue weighted by Crippen LogP contribution is -2.61. The summed E-state index contributed by atoms with van der Waals surface area (Å²) in [6, 6.07) is 9.73. The van der Waals surface area contributed by atoms with Crippen molar-refractivity contribution in [2.24, 2.45) is 5.16 Å². The van der Waals surface area contributed by atoms with E-state index in [1.807, 2.05) is 12.1 Å². The van der Waals surface area contributed by atoms with E-state index in [4.69, 9.17) is 51.2 Å². The van der Waals surface area contributed by atoms with Gasteiger partial charge in [-0.3, -0.25) is 14.4 Å². The molecular formula is C30H35Cl4N5O4. The number of rotatable bonds is 10. The lowest BCUT2D eigenvalue weighted by Gasteiger charge is -2.41. The van der Waals surface area contributed by atoms with Crippen LogP contribution in [0.1, 0.15) is 48.0 Å². The van der Waals surface area contributed by atoms with E-state index in [0.717, 1.165) is 38.0 Å². The number of carbonyl (C=O) groups is 3. The molecule has 0 saturated carbocycles. The average Bonchev–Trinajstić information content (AvgIpc) is 2.96. The topological polar surface area (TPSA) is 94.6 Å². The summed E-state index contributed by atoms with van der Waals surface area (Å²) in [6.45, 7) is 4.30. The number of nitrogens with one attached hydrogen (secondary N) is 1. The van der Waals surface area contributed by atoms with Crippen LogP contribution in [0.4, 0.5) is 0 Å². The predicted molar refractivity (Wildman–Crippen MR) is 170 cm³/mol. The first-order chi connectivity index (χ1) is 20.5. The molecule has 43 heavy (non-hydrogen) atoms. The van der Waals surface area contributed by atoms with Crippen molar-refractivity contribution < 1.29 is 19.2 Å². The maximum Gasteiger partial charge on any atom is 0.254 e. The van der Waals surface area contributed by atoms with E-state index >= 15 is 0 Å². The fraction of sp³-hybridized carbons (Fsp3) is 0.467. The number of hydrogen-bond donors (Lipinski definition) is 1. The Labute approximate surface area is 272 Å². The Hall–Kier alpha value is -2.56. The predicted octanol–water partition coefficient (Wildman–Crippen LogP) is 5.36. The molecular weight excluding hydrogens is 636 g/mol. The minimum Gasteiger partial charge on any atom is -0.399 e. The van der Waals surface area contributed by atoms with Crippen LogP contribution in [0.5, 0.6) is 0 Å². The first kappa shape index (κ1) is 33.3. The van der Waals surface area contributed by atoms with E-state index in [0.29, 0.717) is 37.8 Å². The largest absolute Gasteiger partial charge is 0.399 e. The van der Waals surface area contributed by atoms with Gasteiger partial charge in [-0.25, -0.2) is 0 Å². The minimum atomic E-state index is -0.495. The van der Waals surface area contributed by atoms with Crippen LogP contribution in [0.3, 0.4) is 0 Å². The number of nitrogens with zero attached hydrogens (tertiary/aromatic N) is 4. The summed E-state index contributed by atoms with van der Waals surface area (Å²) < 4.78 is 0. The molecule has 2 fully saturated rings. The highest BCUT2D eigenvalue weighted by molar-refractivity contribution is 6.42. The van der Waals surface area contributed by atoms with Gasteiger partial charge >= 0.3 is 0 Å². The number of oxime groups is 1. The summed E-state index contributed by atoms with van der Waals surface area (Å²) >= 11 is 24.9. The lowest BCUT2D eigenvalue weighted by molar-refractivity contribution is -0.147. The van der Waals surface area contributed by atoms with Gasteiger partial charge in [0.05, 0.1) is 28.8 Å². The average molecular weight is 671 g/mol. The molecule has 2 heterocycles. The summed E-state index contributed by atoms with van der Waals surface area (Å²) in [5.74, 6) is -0.653. The third kappa shape index (κ3) is 8.54. The highest BCUT2D eigenvalue weighted by Gasteiger charge is 2.36. The van der Waals surface area contributed by atoms with Crippen LogP contribution in [-0.4, -0.2) is 97.1 Å². The van der Waals surface area contributed by atoms with Gasteiger partial charge in [0, 0.05) is 47.7 Å². The van der Waals surface area contributed by atoms with Gasteiger partial charge in [-0.1, -0.05) is 57.6 Å². The smallest absolute Gasteiger partial charge is 0.254 e. The lowest BCUT2D eigenvalue weighted by atomic mass is 9.89. The first-order valence-electron chi connectivity index (χ1n) is 14.1. The first-order valence-corrected chi connectivity index (χ1v) is 15.6. The van der Waals surface area contributed by atoms with E-state index in [2.05, 4.69) is 15.4 Å². The number of benzene rings is 2. The number of amides is 3. The maximum absolute atomic E-state index is 13.3. The monoisotopic (exact) mass is 669 g/mol. The van der Waals surface area contributed by atoms with Crippen LogP contribution in [0.25, 0.3) is 0 Å². The standard InChI is InChI=1S/C30H35Cl4N5O4/c1-18-29(41)39(17-28(40)35-18)23-6-9-38(10-7-23)11-8-24(19-4-5-25(33)26(34)14-19)27(36-43-3)16-37(2)30(42)20-12-21(31)15-22(32)13-20/h4-5,12-15,18,23-24H,6-11,16-17H2,1-3H3,(H,35,40)/b36-27-. The van der Waals surface area contributed by atoms with E-state index in [1.165, 1.54) is 7.11 Å². The molecule has 9 nitrogen and oxygen atoms in total. The van der Waals surface area contributed by atoms with Crippen LogP contribution in [-0.2, 0) is 14.4 Å². The normalized spacial score (nSPS) is 19.3. The summed E-state index contributed by atoms with van der Waals surface area (Å²) in [6.07, 6.45) is 2.22. The van der Waals surface area contributed by atoms with Crippen LogP contribution in [0, 0.1) is 0 Å².